The first-order chi connectivity index (χ1) is 9.75. The van der Waals surface area contributed by atoms with Crippen LogP contribution in [0.25, 0.3) is 0 Å². The van der Waals surface area contributed by atoms with Crippen molar-refractivity contribution in [2.24, 2.45) is 5.92 Å². The fourth-order valence-electron chi connectivity index (χ4n) is 2.40. The zero-order valence-electron chi connectivity index (χ0n) is 11.5. The molecular weight excluding hydrogens is 256 g/mol. The number of ether oxygens (including phenoxy) is 1. The van der Waals surface area contributed by atoms with Crippen molar-refractivity contribution in [1.82, 2.24) is 10.3 Å². The van der Waals surface area contributed by atoms with Crippen LogP contribution in [0.2, 0.25) is 0 Å². The first kappa shape index (κ1) is 14.5. The monoisotopic (exact) mass is 276 g/mol. The van der Waals surface area contributed by atoms with Gasteiger partial charge in [0, 0.05) is 18.9 Å². The van der Waals surface area contributed by atoms with Crippen molar-refractivity contribution in [3.05, 3.63) is 30.1 Å². The second-order valence-corrected chi connectivity index (χ2v) is 5.13. The molecule has 1 aromatic rings. The summed E-state index contributed by atoms with van der Waals surface area (Å²) in [5, 5.41) is 2.83. The lowest BCUT2D eigenvalue weighted by Crippen LogP contribution is -2.33. The Hall–Kier alpha value is -1.91. The first-order valence-electron chi connectivity index (χ1n) is 7.09. The van der Waals surface area contributed by atoms with Gasteiger partial charge >= 0.3 is 5.97 Å². The standard InChI is InChI=1S/C15H20N2O3/c18-14(17-9-12-5-2-1-3-6-12)11-20-15(19)13-7-4-8-16-10-13/h4,7-8,10,12H,1-3,5-6,9,11H2,(H,17,18). The van der Waals surface area contributed by atoms with Crippen LogP contribution in [0.15, 0.2) is 24.5 Å². The molecule has 108 valence electrons. The van der Waals surface area contributed by atoms with Crippen LogP contribution >= 0.6 is 0 Å². The zero-order valence-corrected chi connectivity index (χ0v) is 11.5. The Morgan fingerprint density at radius 1 is 1.30 bits per heavy atom. The van der Waals surface area contributed by atoms with Crippen molar-refractivity contribution in [3.8, 4) is 0 Å². The maximum atomic E-state index is 11.6. The van der Waals surface area contributed by atoms with E-state index in [4.69, 9.17) is 4.74 Å². The van der Waals surface area contributed by atoms with E-state index >= 15 is 0 Å². The number of rotatable bonds is 5. The van der Waals surface area contributed by atoms with Crippen LogP contribution in [0.3, 0.4) is 0 Å². The smallest absolute Gasteiger partial charge is 0.340 e. The summed E-state index contributed by atoms with van der Waals surface area (Å²) in [5.41, 5.74) is 0.354. The van der Waals surface area contributed by atoms with Crippen molar-refractivity contribution in [2.75, 3.05) is 13.2 Å². The van der Waals surface area contributed by atoms with E-state index in [-0.39, 0.29) is 12.5 Å². The zero-order chi connectivity index (χ0) is 14.2. The van der Waals surface area contributed by atoms with E-state index < -0.39 is 5.97 Å². The number of esters is 1. The third-order valence-electron chi connectivity index (χ3n) is 3.54. The Balaban J connectivity index is 1.66. The summed E-state index contributed by atoms with van der Waals surface area (Å²) in [7, 11) is 0. The minimum absolute atomic E-state index is 0.236. The molecule has 1 saturated carbocycles. The number of aromatic nitrogens is 1. The summed E-state index contributed by atoms with van der Waals surface area (Å²) >= 11 is 0. The van der Waals surface area contributed by atoms with E-state index in [1.54, 1.807) is 18.3 Å². The minimum Gasteiger partial charge on any atom is -0.452 e. The predicted octanol–water partition coefficient (Wildman–Crippen LogP) is 1.93. The lowest BCUT2D eigenvalue weighted by Gasteiger charge is -2.21. The second kappa shape index (κ2) is 7.62. The molecule has 0 radical (unpaired) electrons. The Kier molecular flexibility index (Phi) is 5.53. The van der Waals surface area contributed by atoms with Crippen LogP contribution in [0.5, 0.6) is 0 Å². The van der Waals surface area contributed by atoms with E-state index in [2.05, 4.69) is 10.3 Å². The van der Waals surface area contributed by atoms with Crippen molar-refractivity contribution in [3.63, 3.8) is 0 Å². The molecule has 1 aliphatic carbocycles. The Labute approximate surface area is 118 Å². The molecular formula is C15H20N2O3. The number of amides is 1. The van der Waals surface area contributed by atoms with Gasteiger partial charge in [0.15, 0.2) is 6.61 Å². The lowest BCUT2D eigenvalue weighted by atomic mass is 9.89. The Morgan fingerprint density at radius 3 is 2.80 bits per heavy atom. The summed E-state index contributed by atoms with van der Waals surface area (Å²) in [6.45, 7) is 0.448. The molecule has 1 heterocycles. The summed E-state index contributed by atoms with van der Waals surface area (Å²) in [6.07, 6.45) is 9.14. The topological polar surface area (TPSA) is 68.3 Å². The van der Waals surface area contributed by atoms with E-state index in [1.807, 2.05) is 0 Å². The Morgan fingerprint density at radius 2 is 2.10 bits per heavy atom. The number of pyridine rings is 1. The number of nitrogens with one attached hydrogen (secondary N) is 1. The highest BCUT2D eigenvalue weighted by molar-refractivity contribution is 5.90. The minimum atomic E-state index is -0.522. The SMILES string of the molecule is O=C(COC(=O)c1cccnc1)NCC1CCCCC1. The van der Waals surface area contributed by atoms with E-state index in [0.717, 1.165) is 0 Å². The van der Waals surface area contributed by atoms with E-state index in [0.29, 0.717) is 18.0 Å². The maximum Gasteiger partial charge on any atom is 0.340 e. The molecule has 2 rings (SSSR count). The largest absolute Gasteiger partial charge is 0.452 e. The lowest BCUT2D eigenvalue weighted by molar-refractivity contribution is -0.124. The summed E-state index contributed by atoms with van der Waals surface area (Å²) < 4.78 is 4.94. The Bertz CT molecular complexity index is 442. The highest BCUT2D eigenvalue weighted by atomic mass is 16.5. The molecule has 0 saturated heterocycles. The van der Waals surface area contributed by atoms with Gasteiger partial charge in [-0.15, -0.1) is 0 Å². The number of carbonyl (C=O) groups is 2. The molecule has 0 unspecified atom stereocenters. The first-order valence-corrected chi connectivity index (χ1v) is 7.09. The van der Waals surface area contributed by atoms with Crippen molar-refractivity contribution in [2.45, 2.75) is 32.1 Å². The van der Waals surface area contributed by atoms with Crippen LogP contribution in [-0.2, 0) is 9.53 Å². The molecule has 1 aliphatic rings. The molecule has 1 N–H and O–H groups in total. The number of nitrogens with zero attached hydrogens (tertiary/aromatic N) is 1. The van der Waals surface area contributed by atoms with Gasteiger partial charge in [-0.05, 0) is 30.9 Å². The summed E-state index contributed by atoms with van der Waals surface area (Å²) in [4.78, 5) is 27.1. The fraction of sp³-hybridized carbons (Fsp3) is 0.533. The van der Waals surface area contributed by atoms with Crippen LogP contribution < -0.4 is 5.32 Å². The number of hydrogen-bond acceptors (Lipinski definition) is 4. The average Bonchev–Trinajstić information content (AvgIpc) is 2.52. The second-order valence-electron chi connectivity index (χ2n) is 5.13. The highest BCUT2D eigenvalue weighted by Gasteiger charge is 2.15. The van der Waals surface area contributed by atoms with Gasteiger partial charge in [0.2, 0.25) is 0 Å². The molecule has 5 nitrogen and oxygen atoms in total. The van der Waals surface area contributed by atoms with Gasteiger partial charge in [-0.25, -0.2) is 4.79 Å². The van der Waals surface area contributed by atoms with Crippen molar-refractivity contribution >= 4 is 11.9 Å². The predicted molar refractivity (Wildman–Crippen MR) is 74.1 cm³/mol. The van der Waals surface area contributed by atoms with Gasteiger partial charge in [0.25, 0.3) is 5.91 Å². The van der Waals surface area contributed by atoms with Gasteiger partial charge in [-0.2, -0.15) is 0 Å². The van der Waals surface area contributed by atoms with Crippen LogP contribution in [0.1, 0.15) is 42.5 Å². The molecule has 1 amide bonds. The van der Waals surface area contributed by atoms with Gasteiger partial charge in [-0.1, -0.05) is 19.3 Å². The van der Waals surface area contributed by atoms with E-state index in [9.17, 15) is 9.59 Å². The molecule has 0 atom stereocenters. The molecule has 20 heavy (non-hydrogen) atoms. The third-order valence-corrected chi connectivity index (χ3v) is 3.54. The van der Waals surface area contributed by atoms with Crippen molar-refractivity contribution < 1.29 is 14.3 Å². The van der Waals surface area contributed by atoms with Crippen LogP contribution in [0, 0.1) is 5.92 Å². The van der Waals surface area contributed by atoms with E-state index in [1.165, 1.54) is 38.3 Å². The summed E-state index contributed by atoms with van der Waals surface area (Å²) in [6, 6.07) is 3.26. The third kappa shape index (κ3) is 4.64. The molecule has 0 aromatic carbocycles. The number of carbonyl (C=O) groups excluding carboxylic acids is 2. The van der Waals surface area contributed by atoms with Gasteiger partial charge < -0.3 is 10.1 Å². The fourth-order valence-corrected chi connectivity index (χ4v) is 2.40. The highest BCUT2D eigenvalue weighted by Crippen LogP contribution is 2.22. The maximum absolute atomic E-state index is 11.6. The molecule has 0 spiro atoms. The van der Waals surface area contributed by atoms with Crippen LogP contribution in [-0.4, -0.2) is 30.0 Å². The molecule has 1 aromatic heterocycles. The molecule has 1 fully saturated rings. The summed E-state index contributed by atoms with van der Waals surface area (Å²) in [5.74, 6) is -0.194. The normalized spacial score (nSPS) is 15.6. The van der Waals surface area contributed by atoms with Crippen LogP contribution in [0.4, 0.5) is 0 Å². The van der Waals surface area contributed by atoms with Gasteiger partial charge in [-0.3, -0.25) is 9.78 Å². The molecule has 0 bridgehead atoms. The van der Waals surface area contributed by atoms with Gasteiger partial charge in [0.1, 0.15) is 0 Å². The average molecular weight is 276 g/mol. The van der Waals surface area contributed by atoms with Gasteiger partial charge in [0.05, 0.1) is 5.56 Å². The molecule has 5 heteroatoms. The van der Waals surface area contributed by atoms with Crippen molar-refractivity contribution in [1.29, 1.82) is 0 Å². The number of hydrogen-bond donors (Lipinski definition) is 1. The quantitative estimate of drug-likeness (QED) is 0.834. The molecule has 0 aliphatic heterocycles.